The number of rotatable bonds is 5. The number of ether oxygens (including phenoxy) is 2. The Hall–Kier alpha value is -2.60. The summed E-state index contributed by atoms with van der Waals surface area (Å²) in [7, 11) is 3.08. The number of halogens is 1. The van der Waals surface area contributed by atoms with Gasteiger partial charge in [0.2, 0.25) is 0 Å². The molecule has 0 bridgehead atoms. The van der Waals surface area contributed by atoms with Crippen molar-refractivity contribution in [1.82, 2.24) is 0 Å². The van der Waals surface area contributed by atoms with Gasteiger partial charge in [0.25, 0.3) is 5.69 Å². The highest BCUT2D eigenvalue weighted by atomic mass is 35.5. The Labute approximate surface area is 132 Å². The van der Waals surface area contributed by atoms with Gasteiger partial charge >= 0.3 is 0 Å². The molecule has 2 rings (SSSR count). The van der Waals surface area contributed by atoms with Crippen LogP contribution in [0.5, 0.6) is 11.5 Å². The summed E-state index contributed by atoms with van der Waals surface area (Å²) in [6.45, 7) is 0. The zero-order chi connectivity index (χ0) is 16.1. The van der Waals surface area contributed by atoms with Crippen molar-refractivity contribution in [3.8, 4) is 11.5 Å². The fourth-order valence-corrected chi connectivity index (χ4v) is 1.99. The molecule has 0 saturated carbocycles. The van der Waals surface area contributed by atoms with Crippen molar-refractivity contribution in [2.24, 2.45) is 4.99 Å². The SMILES string of the molecule is COc1ccc(N=Cc2ccc(Cl)c([N+](=O)[O-])c2)cc1OC. The summed E-state index contributed by atoms with van der Waals surface area (Å²) in [4.78, 5) is 14.6. The number of nitro groups is 1. The van der Waals surface area contributed by atoms with Crippen LogP contribution >= 0.6 is 11.6 Å². The third-order valence-corrected chi connectivity index (χ3v) is 3.22. The Morgan fingerprint density at radius 2 is 1.86 bits per heavy atom. The van der Waals surface area contributed by atoms with E-state index in [1.165, 1.54) is 25.5 Å². The molecule has 0 N–H and O–H groups in total. The van der Waals surface area contributed by atoms with Crippen molar-refractivity contribution in [2.75, 3.05) is 14.2 Å². The second-order valence-electron chi connectivity index (χ2n) is 4.27. The van der Waals surface area contributed by atoms with Gasteiger partial charge in [-0.15, -0.1) is 0 Å². The number of hydrogen-bond acceptors (Lipinski definition) is 5. The summed E-state index contributed by atoms with van der Waals surface area (Å²) in [5.41, 5.74) is 1.05. The highest BCUT2D eigenvalue weighted by Gasteiger charge is 2.11. The van der Waals surface area contributed by atoms with Crippen LogP contribution in [-0.2, 0) is 0 Å². The maximum Gasteiger partial charge on any atom is 0.288 e. The monoisotopic (exact) mass is 320 g/mol. The number of benzene rings is 2. The van der Waals surface area contributed by atoms with E-state index in [2.05, 4.69) is 4.99 Å². The van der Waals surface area contributed by atoms with Crippen molar-refractivity contribution in [3.05, 3.63) is 57.1 Å². The van der Waals surface area contributed by atoms with Gasteiger partial charge in [0, 0.05) is 18.3 Å². The molecule has 0 unspecified atom stereocenters. The molecular weight excluding hydrogens is 308 g/mol. The molecule has 2 aromatic rings. The zero-order valence-corrected chi connectivity index (χ0v) is 12.7. The first-order chi connectivity index (χ1) is 10.5. The van der Waals surface area contributed by atoms with Gasteiger partial charge in [0.05, 0.1) is 24.8 Å². The summed E-state index contributed by atoms with van der Waals surface area (Å²) in [6, 6.07) is 9.68. The first-order valence-electron chi connectivity index (χ1n) is 6.25. The molecule has 0 amide bonds. The predicted octanol–water partition coefficient (Wildman–Crippen LogP) is 4.02. The van der Waals surface area contributed by atoms with Gasteiger partial charge in [-0.2, -0.15) is 0 Å². The minimum absolute atomic E-state index is 0.0910. The molecule has 0 spiro atoms. The minimum atomic E-state index is -0.532. The summed E-state index contributed by atoms with van der Waals surface area (Å²) in [6.07, 6.45) is 1.52. The molecule has 22 heavy (non-hydrogen) atoms. The maximum atomic E-state index is 10.8. The number of nitro benzene ring substituents is 1. The summed E-state index contributed by atoms with van der Waals surface area (Å²) in [5, 5.41) is 10.9. The van der Waals surface area contributed by atoms with Gasteiger partial charge in [-0.1, -0.05) is 17.7 Å². The van der Waals surface area contributed by atoms with E-state index >= 15 is 0 Å². The average Bonchev–Trinajstić information content (AvgIpc) is 2.53. The molecule has 114 valence electrons. The average molecular weight is 321 g/mol. The molecule has 0 radical (unpaired) electrons. The van der Waals surface area contributed by atoms with Gasteiger partial charge < -0.3 is 9.47 Å². The third-order valence-electron chi connectivity index (χ3n) is 2.90. The molecule has 0 fully saturated rings. The van der Waals surface area contributed by atoms with E-state index in [0.29, 0.717) is 22.7 Å². The second kappa shape index (κ2) is 6.91. The predicted molar refractivity (Wildman–Crippen MR) is 84.9 cm³/mol. The minimum Gasteiger partial charge on any atom is -0.493 e. The van der Waals surface area contributed by atoms with Gasteiger partial charge in [0.1, 0.15) is 5.02 Å². The third kappa shape index (κ3) is 3.53. The number of methoxy groups -OCH3 is 2. The molecule has 2 aromatic carbocycles. The van der Waals surface area contributed by atoms with Crippen molar-refractivity contribution >= 4 is 29.2 Å². The second-order valence-corrected chi connectivity index (χ2v) is 4.67. The Balaban J connectivity index is 2.29. The number of hydrogen-bond donors (Lipinski definition) is 0. The van der Waals surface area contributed by atoms with Crippen LogP contribution in [0, 0.1) is 10.1 Å². The molecule has 0 atom stereocenters. The molecule has 0 aliphatic carbocycles. The van der Waals surface area contributed by atoms with Gasteiger partial charge in [-0.25, -0.2) is 0 Å². The lowest BCUT2D eigenvalue weighted by Gasteiger charge is -2.07. The number of aliphatic imine (C=N–C) groups is 1. The Kier molecular flexibility index (Phi) is 4.95. The highest BCUT2D eigenvalue weighted by Crippen LogP contribution is 2.31. The van der Waals surface area contributed by atoms with Crippen molar-refractivity contribution in [1.29, 1.82) is 0 Å². The Morgan fingerprint density at radius 3 is 2.50 bits per heavy atom. The largest absolute Gasteiger partial charge is 0.493 e. The molecule has 6 nitrogen and oxygen atoms in total. The van der Waals surface area contributed by atoms with Crippen LogP contribution in [0.15, 0.2) is 41.4 Å². The van der Waals surface area contributed by atoms with Crippen molar-refractivity contribution < 1.29 is 14.4 Å². The van der Waals surface area contributed by atoms with E-state index in [-0.39, 0.29) is 10.7 Å². The van der Waals surface area contributed by atoms with E-state index in [9.17, 15) is 10.1 Å². The van der Waals surface area contributed by atoms with Crippen molar-refractivity contribution in [3.63, 3.8) is 0 Å². The molecule has 7 heteroatoms. The quantitative estimate of drug-likeness (QED) is 0.474. The molecule has 0 aromatic heterocycles. The Morgan fingerprint density at radius 1 is 1.14 bits per heavy atom. The summed E-state index contributed by atoms with van der Waals surface area (Å²) < 4.78 is 10.3. The molecule has 0 aliphatic rings. The molecule has 0 heterocycles. The van der Waals surface area contributed by atoms with Gasteiger partial charge in [-0.3, -0.25) is 15.1 Å². The zero-order valence-electron chi connectivity index (χ0n) is 11.9. The summed E-state index contributed by atoms with van der Waals surface area (Å²) in [5.74, 6) is 1.16. The lowest BCUT2D eigenvalue weighted by Crippen LogP contribution is -1.91. The lowest BCUT2D eigenvalue weighted by atomic mass is 10.2. The summed E-state index contributed by atoms with van der Waals surface area (Å²) >= 11 is 5.76. The fraction of sp³-hybridized carbons (Fsp3) is 0.133. The lowest BCUT2D eigenvalue weighted by molar-refractivity contribution is -0.384. The first-order valence-corrected chi connectivity index (χ1v) is 6.63. The van der Waals surface area contributed by atoms with E-state index in [0.717, 1.165) is 0 Å². The van der Waals surface area contributed by atoms with Gasteiger partial charge in [-0.05, 0) is 23.8 Å². The van der Waals surface area contributed by atoms with Crippen LogP contribution in [-0.4, -0.2) is 25.4 Å². The topological polar surface area (TPSA) is 74.0 Å². The normalized spacial score (nSPS) is 10.7. The molecular formula is C15H13ClN2O4. The number of nitrogens with zero attached hydrogens (tertiary/aromatic N) is 2. The van der Waals surface area contributed by atoms with Crippen molar-refractivity contribution in [2.45, 2.75) is 0 Å². The van der Waals surface area contributed by atoms with Crippen LogP contribution < -0.4 is 9.47 Å². The van der Waals surface area contributed by atoms with Crippen LogP contribution in [0.4, 0.5) is 11.4 Å². The van der Waals surface area contributed by atoms with E-state index in [4.69, 9.17) is 21.1 Å². The maximum absolute atomic E-state index is 10.8. The highest BCUT2D eigenvalue weighted by molar-refractivity contribution is 6.32. The fourth-order valence-electron chi connectivity index (χ4n) is 1.80. The van der Waals surface area contributed by atoms with Crippen LogP contribution in [0.2, 0.25) is 5.02 Å². The van der Waals surface area contributed by atoms with E-state index in [1.54, 1.807) is 31.4 Å². The Bertz CT molecular complexity index is 731. The van der Waals surface area contributed by atoms with E-state index in [1.807, 2.05) is 0 Å². The van der Waals surface area contributed by atoms with Crippen LogP contribution in [0.25, 0.3) is 0 Å². The smallest absolute Gasteiger partial charge is 0.288 e. The molecule has 0 saturated heterocycles. The first kappa shape index (κ1) is 15.8. The van der Waals surface area contributed by atoms with Gasteiger partial charge in [0.15, 0.2) is 11.5 Å². The van der Waals surface area contributed by atoms with Crippen LogP contribution in [0.1, 0.15) is 5.56 Å². The van der Waals surface area contributed by atoms with E-state index < -0.39 is 4.92 Å². The van der Waals surface area contributed by atoms with Crippen LogP contribution in [0.3, 0.4) is 0 Å². The standard InChI is InChI=1S/C15H13ClN2O4/c1-21-14-6-4-11(8-15(14)22-2)17-9-10-3-5-12(16)13(7-10)18(19)20/h3-9H,1-2H3. The molecule has 0 aliphatic heterocycles.